The van der Waals surface area contributed by atoms with E-state index in [1.807, 2.05) is 12.1 Å². The molecule has 5 heteroatoms. The molecule has 0 saturated carbocycles. The van der Waals surface area contributed by atoms with Crippen LogP contribution in [-0.2, 0) is 6.42 Å². The van der Waals surface area contributed by atoms with E-state index in [2.05, 4.69) is 15.0 Å². The zero-order valence-corrected chi connectivity index (χ0v) is 10.7. The van der Waals surface area contributed by atoms with Crippen LogP contribution in [0.1, 0.15) is 12.0 Å². The Kier molecular flexibility index (Phi) is 2.45. The first-order valence-corrected chi connectivity index (χ1v) is 6.57. The van der Waals surface area contributed by atoms with Gasteiger partial charge in [0, 0.05) is 6.20 Å². The van der Waals surface area contributed by atoms with Crippen molar-refractivity contribution in [1.29, 1.82) is 0 Å². The normalized spacial score (nSPS) is 14.1. The van der Waals surface area contributed by atoms with Crippen LogP contribution in [-0.4, -0.2) is 21.6 Å². The van der Waals surface area contributed by atoms with Gasteiger partial charge < -0.3 is 9.72 Å². The monoisotopic (exact) mass is 269 g/mol. The van der Waals surface area contributed by atoms with Gasteiger partial charge in [0.25, 0.3) is 0 Å². The first kappa shape index (κ1) is 11.4. The van der Waals surface area contributed by atoms with Crippen molar-refractivity contribution >= 4 is 11.0 Å². The average molecular weight is 269 g/mol. The number of nitrogens with one attached hydrogen (secondary N) is 1. The number of hydrogen-bond donors (Lipinski definition) is 1. The Morgan fingerprint density at radius 1 is 1.25 bits per heavy atom. The summed E-state index contributed by atoms with van der Waals surface area (Å²) in [4.78, 5) is 11.5. The molecule has 100 valence electrons. The Bertz CT molecular complexity index is 764. The lowest BCUT2D eigenvalue weighted by Gasteiger charge is -2.18. The van der Waals surface area contributed by atoms with Gasteiger partial charge in [-0.25, -0.2) is 9.37 Å². The van der Waals surface area contributed by atoms with Crippen LogP contribution < -0.4 is 4.74 Å². The highest BCUT2D eigenvalue weighted by molar-refractivity contribution is 5.78. The molecule has 4 nitrogen and oxygen atoms in total. The number of fused-ring (bicyclic) bond motifs is 2. The smallest absolute Gasteiger partial charge is 0.176 e. The molecule has 0 fully saturated rings. The predicted molar refractivity (Wildman–Crippen MR) is 73.1 cm³/mol. The lowest BCUT2D eigenvalue weighted by Crippen LogP contribution is -2.10. The van der Waals surface area contributed by atoms with Gasteiger partial charge in [-0.05, 0) is 30.5 Å². The zero-order valence-electron chi connectivity index (χ0n) is 10.7. The lowest BCUT2D eigenvalue weighted by atomic mass is 10.0. The number of ether oxygens (including phenoxy) is 1. The molecule has 0 saturated heterocycles. The van der Waals surface area contributed by atoms with Gasteiger partial charge in [-0.3, -0.25) is 4.98 Å². The van der Waals surface area contributed by atoms with E-state index in [1.54, 1.807) is 18.5 Å². The van der Waals surface area contributed by atoms with E-state index in [-0.39, 0.29) is 5.82 Å². The summed E-state index contributed by atoms with van der Waals surface area (Å²) in [6.07, 6.45) is 5.12. The van der Waals surface area contributed by atoms with Crippen LogP contribution in [0, 0.1) is 5.82 Å². The number of aromatic amines is 1. The highest BCUT2D eigenvalue weighted by atomic mass is 19.1. The van der Waals surface area contributed by atoms with Crippen LogP contribution in [0.3, 0.4) is 0 Å². The largest absolute Gasteiger partial charge is 0.490 e. The van der Waals surface area contributed by atoms with Gasteiger partial charge in [-0.1, -0.05) is 6.07 Å². The number of rotatable bonds is 1. The molecule has 0 radical (unpaired) electrons. The molecule has 4 rings (SSSR count). The summed E-state index contributed by atoms with van der Waals surface area (Å²) in [5.41, 5.74) is 2.92. The molecule has 1 aliphatic heterocycles. The van der Waals surface area contributed by atoms with Crippen molar-refractivity contribution in [2.75, 3.05) is 6.61 Å². The molecule has 0 amide bonds. The second-order valence-corrected chi connectivity index (χ2v) is 4.85. The van der Waals surface area contributed by atoms with Gasteiger partial charge in [0.1, 0.15) is 11.3 Å². The fourth-order valence-corrected chi connectivity index (χ4v) is 2.55. The van der Waals surface area contributed by atoms with Crippen molar-refractivity contribution in [2.45, 2.75) is 12.8 Å². The number of hydrogen-bond acceptors (Lipinski definition) is 3. The maximum absolute atomic E-state index is 14.6. The van der Waals surface area contributed by atoms with Crippen molar-refractivity contribution in [3.05, 3.63) is 42.0 Å². The molecule has 0 bridgehead atoms. The van der Waals surface area contributed by atoms with Crippen molar-refractivity contribution in [3.8, 4) is 17.1 Å². The van der Waals surface area contributed by atoms with Crippen molar-refractivity contribution in [1.82, 2.24) is 15.0 Å². The van der Waals surface area contributed by atoms with E-state index in [9.17, 15) is 4.39 Å². The van der Waals surface area contributed by atoms with Crippen LogP contribution in [0.25, 0.3) is 22.4 Å². The number of aromatic nitrogens is 3. The van der Waals surface area contributed by atoms with E-state index < -0.39 is 0 Å². The molecule has 0 spiro atoms. The summed E-state index contributed by atoms with van der Waals surface area (Å²) in [6.45, 7) is 0.567. The van der Waals surface area contributed by atoms with Crippen molar-refractivity contribution in [2.24, 2.45) is 0 Å². The minimum Gasteiger partial charge on any atom is -0.490 e. The maximum Gasteiger partial charge on any atom is 0.176 e. The highest BCUT2D eigenvalue weighted by Gasteiger charge is 2.20. The Balaban J connectivity index is 1.89. The van der Waals surface area contributed by atoms with Gasteiger partial charge in [-0.15, -0.1) is 0 Å². The number of pyridine rings is 1. The molecule has 0 aliphatic carbocycles. The lowest BCUT2D eigenvalue weighted by molar-refractivity contribution is 0.273. The van der Waals surface area contributed by atoms with Crippen LogP contribution in [0.4, 0.5) is 4.39 Å². The second kappa shape index (κ2) is 4.30. The Morgan fingerprint density at radius 2 is 2.20 bits per heavy atom. The first-order valence-electron chi connectivity index (χ1n) is 6.57. The highest BCUT2D eigenvalue weighted by Crippen LogP contribution is 2.34. The third kappa shape index (κ3) is 1.66. The minimum absolute atomic E-state index is 0.339. The minimum atomic E-state index is -0.339. The number of aryl methyl sites for hydroxylation is 1. The Morgan fingerprint density at radius 3 is 3.10 bits per heavy atom. The fraction of sp³-hybridized carbons (Fsp3) is 0.200. The molecule has 2 aromatic heterocycles. The summed E-state index contributed by atoms with van der Waals surface area (Å²) in [7, 11) is 0. The van der Waals surface area contributed by atoms with Gasteiger partial charge in [0.2, 0.25) is 0 Å². The van der Waals surface area contributed by atoms with E-state index in [4.69, 9.17) is 4.74 Å². The standard InChI is InChI=1S/C15H12FN3O/c16-13-10(4-3-9-2-1-7-20-14(9)13)15-18-11-5-6-17-8-12(11)19-15/h3-6,8H,1-2,7H2,(H,18,19). The quantitative estimate of drug-likeness (QED) is 0.738. The van der Waals surface area contributed by atoms with E-state index in [0.717, 1.165) is 29.4 Å². The summed E-state index contributed by atoms with van der Waals surface area (Å²) < 4.78 is 20.0. The van der Waals surface area contributed by atoms with Crippen molar-refractivity contribution in [3.63, 3.8) is 0 Å². The summed E-state index contributed by atoms with van der Waals surface area (Å²) in [6, 6.07) is 5.49. The number of benzene rings is 1. The Hall–Kier alpha value is -2.43. The second-order valence-electron chi connectivity index (χ2n) is 4.85. The number of halogens is 1. The number of imidazole rings is 1. The Labute approximate surface area is 114 Å². The number of H-pyrrole nitrogens is 1. The van der Waals surface area contributed by atoms with Gasteiger partial charge in [0.15, 0.2) is 11.6 Å². The molecule has 1 aliphatic rings. The SMILES string of the molecule is Fc1c(-c2nc3cnccc3[nH]2)ccc2c1OCCC2. The maximum atomic E-state index is 14.6. The van der Waals surface area contributed by atoms with Gasteiger partial charge >= 0.3 is 0 Å². The summed E-state index contributed by atoms with van der Waals surface area (Å²) in [5, 5.41) is 0. The average Bonchev–Trinajstić information content (AvgIpc) is 2.91. The molecular formula is C15H12FN3O. The molecule has 20 heavy (non-hydrogen) atoms. The third-order valence-corrected chi connectivity index (χ3v) is 3.56. The summed E-state index contributed by atoms with van der Waals surface area (Å²) >= 11 is 0. The number of nitrogens with zero attached hydrogens (tertiary/aromatic N) is 2. The predicted octanol–water partition coefficient (Wildman–Crippen LogP) is 3.09. The van der Waals surface area contributed by atoms with Gasteiger partial charge in [-0.2, -0.15) is 0 Å². The van der Waals surface area contributed by atoms with Crippen LogP contribution >= 0.6 is 0 Å². The van der Waals surface area contributed by atoms with E-state index >= 15 is 0 Å². The molecule has 0 atom stereocenters. The topological polar surface area (TPSA) is 50.8 Å². The molecule has 3 aromatic rings. The van der Waals surface area contributed by atoms with Crippen molar-refractivity contribution < 1.29 is 9.13 Å². The van der Waals surface area contributed by atoms with Crippen LogP contribution in [0.2, 0.25) is 0 Å². The molecular weight excluding hydrogens is 257 g/mol. The zero-order chi connectivity index (χ0) is 13.5. The van der Waals surface area contributed by atoms with E-state index in [1.165, 1.54) is 0 Å². The fourth-order valence-electron chi connectivity index (χ4n) is 2.55. The molecule has 1 N–H and O–H groups in total. The van der Waals surface area contributed by atoms with Crippen LogP contribution in [0.15, 0.2) is 30.6 Å². The third-order valence-electron chi connectivity index (χ3n) is 3.56. The molecule has 1 aromatic carbocycles. The molecule has 3 heterocycles. The van der Waals surface area contributed by atoms with E-state index in [0.29, 0.717) is 23.7 Å². The summed E-state index contributed by atoms with van der Waals surface area (Å²) in [5.74, 6) is 0.531. The van der Waals surface area contributed by atoms with Gasteiger partial charge in [0.05, 0.1) is 23.9 Å². The first-order chi connectivity index (χ1) is 9.83. The molecule has 0 unspecified atom stereocenters. The van der Waals surface area contributed by atoms with Crippen LogP contribution in [0.5, 0.6) is 5.75 Å².